The van der Waals surface area contributed by atoms with Crippen molar-refractivity contribution in [2.45, 2.75) is 25.7 Å². The van der Waals surface area contributed by atoms with Crippen LogP contribution in [-0.4, -0.2) is 38.3 Å². The van der Waals surface area contributed by atoms with Gasteiger partial charge >= 0.3 is 0 Å². The molecule has 3 atom stereocenters. The van der Waals surface area contributed by atoms with Gasteiger partial charge < -0.3 is 25.5 Å². The number of rotatable bonds is 2. The van der Waals surface area contributed by atoms with E-state index < -0.39 is 0 Å². The molecule has 1 saturated heterocycles. The van der Waals surface area contributed by atoms with Gasteiger partial charge in [-0.05, 0) is 12.5 Å². The first kappa shape index (κ1) is 14.2. The Hall–Kier alpha value is -2.45. The van der Waals surface area contributed by atoms with Crippen molar-refractivity contribution in [1.82, 2.24) is 14.5 Å². The van der Waals surface area contributed by atoms with E-state index in [2.05, 4.69) is 22.2 Å². The molecule has 2 aliphatic rings. The molecule has 1 fully saturated rings. The van der Waals surface area contributed by atoms with Crippen LogP contribution in [-0.2, 0) is 9.53 Å². The van der Waals surface area contributed by atoms with Crippen molar-refractivity contribution < 1.29 is 14.6 Å². The lowest BCUT2D eigenvalue weighted by Gasteiger charge is -2.18. The highest BCUT2D eigenvalue weighted by molar-refractivity contribution is 6.13. The van der Waals surface area contributed by atoms with Crippen molar-refractivity contribution in [2.24, 2.45) is 11.7 Å². The van der Waals surface area contributed by atoms with E-state index in [1.54, 1.807) is 6.08 Å². The molecule has 120 valence electrons. The lowest BCUT2D eigenvalue weighted by Crippen LogP contribution is -2.20. The predicted octanol–water partition coefficient (Wildman–Crippen LogP) is 0.599. The summed E-state index contributed by atoms with van der Waals surface area (Å²) in [5.41, 5.74) is 7.36. The Balaban J connectivity index is 1.89. The molecular weight excluding hydrogens is 298 g/mol. The summed E-state index contributed by atoms with van der Waals surface area (Å²) < 4.78 is 7.86. The second kappa shape index (κ2) is 5.04. The standard InChI is InChI=1S/C15H17N5O3/c1-7-2-9(5-21)23-15(7)20-4-8-3-10(16)14(22)19-12-11(8)13(20)18-6-17-12/h3-4,6-7,9,15,21H,2,5,16H2,1H3,(H,17,18,19,22)/t7-,9-,15+/m0/s1. The minimum atomic E-state index is -0.376. The van der Waals surface area contributed by atoms with Crippen LogP contribution in [0.2, 0.25) is 0 Å². The molecule has 0 spiro atoms. The molecule has 0 aliphatic carbocycles. The highest BCUT2D eigenvalue weighted by Crippen LogP contribution is 2.38. The fourth-order valence-electron chi connectivity index (χ4n) is 3.30. The number of nitrogens with one attached hydrogen (secondary N) is 1. The Morgan fingerprint density at radius 3 is 3.09 bits per heavy atom. The molecule has 4 N–H and O–H groups in total. The molecule has 2 aromatic heterocycles. The van der Waals surface area contributed by atoms with Gasteiger partial charge in [0.1, 0.15) is 24.0 Å². The van der Waals surface area contributed by atoms with Crippen molar-refractivity contribution >= 4 is 28.8 Å². The third-order valence-corrected chi connectivity index (χ3v) is 4.37. The Morgan fingerprint density at radius 1 is 1.52 bits per heavy atom. The van der Waals surface area contributed by atoms with Crippen LogP contribution in [0, 0.1) is 5.92 Å². The maximum atomic E-state index is 11.9. The Morgan fingerprint density at radius 2 is 2.35 bits per heavy atom. The number of aromatic nitrogens is 3. The Bertz CT molecular complexity index is 828. The van der Waals surface area contributed by atoms with Crippen LogP contribution in [0.1, 0.15) is 25.1 Å². The van der Waals surface area contributed by atoms with Crippen molar-refractivity contribution in [2.75, 3.05) is 11.9 Å². The van der Waals surface area contributed by atoms with Crippen LogP contribution in [0.4, 0.5) is 5.82 Å². The highest BCUT2D eigenvalue weighted by Gasteiger charge is 2.35. The molecule has 1 amide bonds. The van der Waals surface area contributed by atoms with Gasteiger partial charge in [-0.3, -0.25) is 4.79 Å². The summed E-state index contributed by atoms with van der Waals surface area (Å²) in [6, 6.07) is 0. The Labute approximate surface area is 132 Å². The van der Waals surface area contributed by atoms with Gasteiger partial charge in [0.2, 0.25) is 0 Å². The van der Waals surface area contributed by atoms with Gasteiger partial charge in [-0.2, -0.15) is 0 Å². The first-order valence-corrected chi connectivity index (χ1v) is 7.49. The van der Waals surface area contributed by atoms with Gasteiger partial charge in [0.15, 0.2) is 0 Å². The van der Waals surface area contributed by atoms with Crippen LogP contribution < -0.4 is 11.1 Å². The summed E-state index contributed by atoms with van der Waals surface area (Å²) in [7, 11) is 0. The fourth-order valence-corrected chi connectivity index (χ4v) is 3.30. The van der Waals surface area contributed by atoms with E-state index in [0.29, 0.717) is 11.5 Å². The molecule has 8 nitrogen and oxygen atoms in total. The van der Waals surface area contributed by atoms with Crippen LogP contribution in [0.5, 0.6) is 0 Å². The van der Waals surface area contributed by atoms with Gasteiger partial charge in [0.05, 0.1) is 23.8 Å². The topological polar surface area (TPSA) is 115 Å². The Kier molecular flexibility index (Phi) is 3.10. The molecule has 0 bridgehead atoms. The zero-order chi connectivity index (χ0) is 16.1. The quantitative estimate of drug-likeness (QED) is 0.747. The molecule has 4 rings (SSSR count). The third kappa shape index (κ3) is 2.10. The zero-order valence-corrected chi connectivity index (χ0v) is 12.6. The van der Waals surface area contributed by atoms with Crippen molar-refractivity contribution in [3.8, 4) is 0 Å². The molecule has 0 unspecified atom stereocenters. The first-order valence-electron chi connectivity index (χ1n) is 7.49. The number of nitrogens with zero attached hydrogens (tertiary/aromatic N) is 3. The molecule has 23 heavy (non-hydrogen) atoms. The minimum Gasteiger partial charge on any atom is -0.394 e. The zero-order valence-electron chi connectivity index (χ0n) is 12.6. The number of carbonyl (C=O) groups is 1. The smallest absolute Gasteiger partial charge is 0.272 e. The summed E-state index contributed by atoms with van der Waals surface area (Å²) in [5.74, 6) is 0.293. The first-order chi connectivity index (χ1) is 11.1. The molecule has 2 aromatic rings. The number of ether oxygens (including phenoxy) is 1. The van der Waals surface area contributed by atoms with E-state index in [1.807, 2.05) is 10.8 Å². The van der Waals surface area contributed by atoms with Gasteiger partial charge in [-0.15, -0.1) is 0 Å². The van der Waals surface area contributed by atoms with Crippen LogP contribution in [0.15, 0.2) is 18.2 Å². The number of carbonyl (C=O) groups excluding carboxylic acids is 1. The van der Waals surface area contributed by atoms with E-state index in [1.165, 1.54) is 6.33 Å². The molecule has 4 heterocycles. The van der Waals surface area contributed by atoms with Crippen molar-refractivity contribution in [1.29, 1.82) is 0 Å². The number of aliphatic hydroxyl groups is 1. The molecular formula is C15H17N5O3. The summed E-state index contributed by atoms with van der Waals surface area (Å²) in [6.07, 6.45) is 5.28. The number of anilines is 1. The summed E-state index contributed by atoms with van der Waals surface area (Å²) in [6.45, 7) is 2.07. The van der Waals surface area contributed by atoms with Crippen LogP contribution >= 0.6 is 0 Å². The fraction of sp³-hybridized carbons (Fsp3) is 0.400. The van der Waals surface area contributed by atoms with E-state index in [9.17, 15) is 9.90 Å². The molecule has 0 radical (unpaired) electrons. The number of hydrogen-bond donors (Lipinski definition) is 3. The maximum absolute atomic E-state index is 11.9. The second-order valence-corrected chi connectivity index (χ2v) is 6.01. The predicted molar refractivity (Wildman–Crippen MR) is 83.1 cm³/mol. The summed E-state index contributed by atoms with van der Waals surface area (Å²) >= 11 is 0. The summed E-state index contributed by atoms with van der Waals surface area (Å²) in [5, 5.41) is 12.8. The lowest BCUT2D eigenvalue weighted by molar-refractivity contribution is -0.112. The lowest BCUT2D eigenvalue weighted by atomic mass is 10.1. The minimum absolute atomic E-state index is 0.00393. The van der Waals surface area contributed by atoms with E-state index >= 15 is 0 Å². The van der Waals surface area contributed by atoms with Gasteiger partial charge in [-0.1, -0.05) is 6.92 Å². The molecule has 0 saturated carbocycles. The monoisotopic (exact) mass is 315 g/mol. The number of amides is 1. The van der Waals surface area contributed by atoms with Gasteiger partial charge in [-0.25, -0.2) is 9.97 Å². The highest BCUT2D eigenvalue weighted by atomic mass is 16.5. The largest absolute Gasteiger partial charge is 0.394 e. The van der Waals surface area contributed by atoms with Crippen LogP contribution in [0.3, 0.4) is 0 Å². The number of aliphatic hydroxyl groups excluding tert-OH is 1. The van der Waals surface area contributed by atoms with Crippen molar-refractivity contribution in [3.63, 3.8) is 0 Å². The summed E-state index contributed by atoms with van der Waals surface area (Å²) in [4.78, 5) is 20.4. The second-order valence-electron chi connectivity index (χ2n) is 6.01. The van der Waals surface area contributed by atoms with Gasteiger partial charge in [0.25, 0.3) is 5.91 Å². The molecule has 0 aromatic carbocycles. The third-order valence-electron chi connectivity index (χ3n) is 4.37. The van der Waals surface area contributed by atoms with Gasteiger partial charge in [0, 0.05) is 17.7 Å². The average Bonchev–Trinajstić information content (AvgIpc) is 3.05. The van der Waals surface area contributed by atoms with E-state index in [-0.39, 0.29) is 36.5 Å². The molecule has 8 heteroatoms. The number of hydrogen-bond acceptors (Lipinski definition) is 6. The normalized spacial score (nSPS) is 27.0. The van der Waals surface area contributed by atoms with Crippen LogP contribution in [0.25, 0.3) is 17.1 Å². The maximum Gasteiger partial charge on any atom is 0.272 e. The van der Waals surface area contributed by atoms with Crippen molar-refractivity contribution in [3.05, 3.63) is 23.8 Å². The SMILES string of the molecule is C[C@H]1C[C@@H](CO)O[C@H]1n1cc2c3c(ncnc31)NC(=O)C(N)=C2. The number of nitrogens with two attached hydrogens (primary N) is 1. The van der Waals surface area contributed by atoms with E-state index in [0.717, 1.165) is 17.4 Å². The average molecular weight is 315 g/mol. The van der Waals surface area contributed by atoms with E-state index in [4.69, 9.17) is 10.5 Å². The molecule has 2 aliphatic heterocycles.